The molecular weight excluding hydrogens is 432 g/mol. The van der Waals surface area contributed by atoms with Gasteiger partial charge in [-0.25, -0.2) is 0 Å². The summed E-state index contributed by atoms with van der Waals surface area (Å²) in [5, 5.41) is 0. The fraction of sp³-hybridized carbons (Fsp3) is 1.00. The van der Waals surface area contributed by atoms with Crippen molar-refractivity contribution >= 4 is 17.2 Å². The highest BCUT2D eigenvalue weighted by atomic mass is 31.1. The minimum Gasteiger partial charge on any atom is -0.356 e. The average Bonchev–Trinajstić information content (AvgIpc) is 2.73. The first-order chi connectivity index (χ1) is 14.6. The van der Waals surface area contributed by atoms with Crippen molar-refractivity contribution in [1.82, 2.24) is 0 Å². The number of nitrogens with two attached hydrogens (primary N) is 1. The van der Waals surface area contributed by atoms with Gasteiger partial charge in [-0.15, -0.1) is 0 Å². The molecule has 5 unspecified atom stereocenters. The molecule has 0 amide bonds. The van der Waals surface area contributed by atoms with Gasteiger partial charge < -0.3 is 29.4 Å². The van der Waals surface area contributed by atoms with Gasteiger partial charge in [-0.2, -0.15) is 0 Å². The van der Waals surface area contributed by atoms with Crippen LogP contribution in [0.4, 0.5) is 0 Å². The van der Waals surface area contributed by atoms with Crippen molar-refractivity contribution in [3.63, 3.8) is 0 Å². The summed E-state index contributed by atoms with van der Waals surface area (Å²) in [6.07, 6.45) is 2.02. The highest BCUT2D eigenvalue weighted by Crippen LogP contribution is 2.52. The van der Waals surface area contributed by atoms with Crippen molar-refractivity contribution in [2.24, 2.45) is 5.73 Å². The molecule has 8 heteroatoms. The van der Waals surface area contributed by atoms with Crippen molar-refractivity contribution < 1.29 is 23.7 Å². The molecule has 188 valence electrons. The summed E-state index contributed by atoms with van der Waals surface area (Å²) in [6.45, 7) is 23.5. The third kappa shape index (κ3) is 9.41. The zero-order valence-corrected chi connectivity index (χ0v) is 23.8. The molecule has 0 bridgehead atoms. The van der Waals surface area contributed by atoms with Gasteiger partial charge in [-0.05, 0) is 41.0 Å². The molecule has 0 aromatic rings. The molecule has 31 heavy (non-hydrogen) atoms. The fourth-order valence-electron chi connectivity index (χ4n) is 3.73. The van der Waals surface area contributed by atoms with Crippen LogP contribution in [0.5, 0.6) is 0 Å². The van der Waals surface area contributed by atoms with E-state index in [1.807, 2.05) is 27.7 Å². The number of hydrogen-bond donors (Lipinski definition) is 1. The second kappa shape index (κ2) is 15.5. The maximum Gasteiger partial charge on any atom is 0.183 e. The molecule has 0 aliphatic heterocycles. The molecule has 0 aliphatic rings. The van der Waals surface area contributed by atoms with Gasteiger partial charge in [-0.1, -0.05) is 51.8 Å². The molecule has 0 aromatic heterocycles. The summed E-state index contributed by atoms with van der Waals surface area (Å²) >= 11 is 0. The van der Waals surface area contributed by atoms with E-state index in [1.54, 1.807) is 0 Å². The monoisotopic (exact) mass is 483 g/mol. The van der Waals surface area contributed by atoms with Crippen LogP contribution in [0, 0.1) is 0 Å². The van der Waals surface area contributed by atoms with Gasteiger partial charge >= 0.3 is 0 Å². The number of hydrogen-bond acceptors (Lipinski definition) is 6. The third-order valence-electron chi connectivity index (χ3n) is 5.84. The van der Waals surface area contributed by atoms with Gasteiger partial charge in [0.15, 0.2) is 11.1 Å². The van der Waals surface area contributed by atoms with E-state index in [9.17, 15) is 0 Å². The molecule has 0 rings (SSSR count). The predicted octanol–water partition coefficient (Wildman–Crippen LogP) is 5.86. The van der Waals surface area contributed by atoms with E-state index < -0.39 is 16.7 Å². The van der Waals surface area contributed by atoms with E-state index in [-0.39, 0.29) is 17.5 Å². The first-order valence-electron chi connectivity index (χ1n) is 12.1. The van der Waals surface area contributed by atoms with Crippen LogP contribution in [0.2, 0.25) is 0 Å². The summed E-state index contributed by atoms with van der Waals surface area (Å²) in [5.74, 6) is 0. The van der Waals surface area contributed by atoms with Crippen LogP contribution in [-0.2, 0) is 23.7 Å². The van der Waals surface area contributed by atoms with Crippen LogP contribution in [0.25, 0.3) is 0 Å². The topological polar surface area (TPSA) is 72.2 Å². The molecule has 0 aromatic carbocycles. The molecule has 0 saturated carbocycles. The van der Waals surface area contributed by atoms with Crippen LogP contribution in [0.1, 0.15) is 88.5 Å². The second-order valence-corrected chi connectivity index (χ2v) is 11.8. The van der Waals surface area contributed by atoms with Crippen molar-refractivity contribution in [3.8, 4) is 0 Å². The van der Waals surface area contributed by atoms with E-state index in [2.05, 4.69) is 41.5 Å². The van der Waals surface area contributed by atoms with E-state index in [4.69, 9.17) is 29.4 Å². The largest absolute Gasteiger partial charge is 0.356 e. The van der Waals surface area contributed by atoms with Gasteiger partial charge in [0.1, 0.15) is 6.23 Å². The van der Waals surface area contributed by atoms with E-state index in [0.29, 0.717) is 43.6 Å². The van der Waals surface area contributed by atoms with Crippen LogP contribution in [0.15, 0.2) is 0 Å². The van der Waals surface area contributed by atoms with Gasteiger partial charge in [-0.3, -0.25) is 0 Å². The Kier molecular flexibility index (Phi) is 15.8. The SMILES string of the molecule is CCOC(CC)(OCC)PC(C)C(C)(OC(N)CC)C(C)PC(CC)(OCC)OCC. The highest BCUT2D eigenvalue weighted by molar-refractivity contribution is 7.41. The van der Waals surface area contributed by atoms with E-state index >= 15 is 0 Å². The molecule has 0 saturated heterocycles. The Morgan fingerprint density at radius 3 is 1.23 bits per heavy atom. The quantitative estimate of drug-likeness (QED) is 0.183. The third-order valence-corrected chi connectivity index (χ3v) is 10.0. The highest BCUT2D eigenvalue weighted by Gasteiger charge is 2.47. The van der Waals surface area contributed by atoms with Crippen molar-refractivity contribution in [2.75, 3.05) is 26.4 Å². The first-order valence-corrected chi connectivity index (χ1v) is 14.3. The Morgan fingerprint density at radius 1 is 0.677 bits per heavy atom. The van der Waals surface area contributed by atoms with E-state index in [0.717, 1.165) is 19.3 Å². The van der Waals surface area contributed by atoms with Crippen LogP contribution >= 0.6 is 17.2 Å². The lowest BCUT2D eigenvalue weighted by atomic mass is 9.98. The fourth-order valence-corrected chi connectivity index (χ4v) is 7.74. The minimum atomic E-state index is -0.589. The van der Waals surface area contributed by atoms with Gasteiger partial charge in [0.2, 0.25) is 0 Å². The van der Waals surface area contributed by atoms with Gasteiger partial charge in [0, 0.05) is 50.6 Å². The minimum absolute atomic E-state index is 0.170. The normalized spacial score (nSPS) is 18.7. The maximum atomic E-state index is 6.57. The Balaban J connectivity index is 5.98. The van der Waals surface area contributed by atoms with Crippen LogP contribution in [0.3, 0.4) is 0 Å². The first kappa shape index (κ1) is 31.6. The zero-order valence-electron chi connectivity index (χ0n) is 21.8. The van der Waals surface area contributed by atoms with Crippen LogP contribution in [-0.4, -0.2) is 60.6 Å². The lowest BCUT2D eigenvalue weighted by Gasteiger charge is -2.47. The van der Waals surface area contributed by atoms with Crippen molar-refractivity contribution in [1.29, 1.82) is 0 Å². The second-order valence-electron chi connectivity index (χ2n) is 7.93. The van der Waals surface area contributed by atoms with Gasteiger partial charge in [0.05, 0.1) is 5.60 Å². The molecule has 0 radical (unpaired) electrons. The van der Waals surface area contributed by atoms with Crippen LogP contribution < -0.4 is 5.73 Å². The summed E-state index contributed by atoms with van der Waals surface area (Å²) in [5.41, 5.74) is 5.01. The maximum absolute atomic E-state index is 6.57. The zero-order chi connectivity index (χ0) is 24.1. The lowest BCUT2D eigenvalue weighted by Crippen LogP contribution is -2.52. The predicted molar refractivity (Wildman–Crippen MR) is 136 cm³/mol. The Morgan fingerprint density at radius 2 is 1.00 bits per heavy atom. The molecule has 0 spiro atoms. The van der Waals surface area contributed by atoms with Crippen molar-refractivity contribution in [3.05, 3.63) is 0 Å². The molecular formula is C23H51NO5P2. The molecule has 5 atom stereocenters. The Bertz CT molecular complexity index is 425. The molecule has 0 aliphatic carbocycles. The van der Waals surface area contributed by atoms with E-state index in [1.165, 1.54) is 0 Å². The molecule has 0 fully saturated rings. The summed E-state index contributed by atoms with van der Waals surface area (Å²) in [7, 11) is 0.826. The number of rotatable bonds is 19. The summed E-state index contributed by atoms with van der Waals surface area (Å²) in [6, 6.07) is 0. The Hall–Kier alpha value is 0.620. The number of ether oxygens (including phenoxy) is 5. The average molecular weight is 484 g/mol. The van der Waals surface area contributed by atoms with Crippen molar-refractivity contribution in [2.45, 2.75) is 123 Å². The molecule has 6 nitrogen and oxygen atoms in total. The lowest BCUT2D eigenvalue weighted by molar-refractivity contribution is -0.173. The molecule has 0 heterocycles. The smallest absolute Gasteiger partial charge is 0.183 e. The Labute approximate surface area is 196 Å². The summed E-state index contributed by atoms with van der Waals surface area (Å²) < 4.78 is 31.2. The summed E-state index contributed by atoms with van der Waals surface area (Å²) in [4.78, 5) is 0. The standard InChI is InChI=1S/C23H51NO5P2/c1-11-20(24)29-21(10,18(8)30-22(12-2,25-14-4)26-15-5)19(9)31-23(13-3,27-16-6)28-17-7/h18-20,30-31H,11-17,24H2,1-10H3. The van der Waals surface area contributed by atoms with Gasteiger partial charge in [0.25, 0.3) is 0 Å². The molecule has 2 N–H and O–H groups in total.